The maximum atomic E-state index is 12.6. The first-order valence-electron chi connectivity index (χ1n) is 7.45. The normalized spacial score (nSPS) is 10.8. The van der Waals surface area contributed by atoms with Crippen molar-refractivity contribution >= 4 is 44.6 Å². The van der Waals surface area contributed by atoms with E-state index in [0.717, 1.165) is 21.5 Å². The van der Waals surface area contributed by atoms with Gasteiger partial charge in [-0.15, -0.1) is 11.3 Å². The number of amides is 1. The van der Waals surface area contributed by atoms with Crippen LogP contribution in [0, 0.1) is 13.8 Å². The number of anilines is 2. The Labute approximate surface area is 143 Å². The van der Waals surface area contributed by atoms with Crippen LogP contribution in [0.4, 0.5) is 11.4 Å². The molecule has 0 radical (unpaired) electrons. The van der Waals surface area contributed by atoms with Gasteiger partial charge in [-0.05, 0) is 44.5 Å². The number of aryl methyl sites for hydroxylation is 2. The monoisotopic (exact) mass is 339 g/mol. The molecule has 0 bridgehead atoms. The highest BCUT2D eigenvalue weighted by Gasteiger charge is 2.18. The number of benzene rings is 1. The van der Waals surface area contributed by atoms with Gasteiger partial charge in [-0.3, -0.25) is 9.59 Å². The summed E-state index contributed by atoms with van der Waals surface area (Å²) in [6.45, 7) is 5.38. The molecule has 1 amide bonds. The fourth-order valence-electron chi connectivity index (χ4n) is 2.40. The van der Waals surface area contributed by atoms with Gasteiger partial charge in [0, 0.05) is 22.3 Å². The number of rotatable bonds is 3. The third-order valence-electron chi connectivity index (χ3n) is 3.90. The van der Waals surface area contributed by atoms with Crippen molar-refractivity contribution in [2.75, 3.05) is 11.1 Å². The molecule has 3 aromatic rings. The van der Waals surface area contributed by atoms with E-state index in [1.54, 1.807) is 24.3 Å². The number of aromatic nitrogens is 1. The van der Waals surface area contributed by atoms with E-state index in [4.69, 9.17) is 5.73 Å². The second-order valence-electron chi connectivity index (χ2n) is 5.68. The lowest BCUT2D eigenvalue weighted by Crippen LogP contribution is -2.12. The molecule has 122 valence electrons. The number of thiophene rings is 1. The minimum Gasteiger partial charge on any atom is -0.397 e. The highest BCUT2D eigenvalue weighted by molar-refractivity contribution is 7.21. The van der Waals surface area contributed by atoms with Crippen LogP contribution >= 0.6 is 11.3 Å². The molecular weight excluding hydrogens is 322 g/mol. The molecule has 0 fully saturated rings. The van der Waals surface area contributed by atoms with Gasteiger partial charge in [0.05, 0.1) is 5.69 Å². The summed E-state index contributed by atoms with van der Waals surface area (Å²) in [5.74, 6) is -0.353. The number of nitrogens with zero attached hydrogens (tertiary/aromatic N) is 1. The van der Waals surface area contributed by atoms with Gasteiger partial charge in [0.15, 0.2) is 5.78 Å². The number of carbonyl (C=O) groups excluding carboxylic acids is 2. The molecule has 0 aliphatic carbocycles. The maximum Gasteiger partial charge on any atom is 0.267 e. The van der Waals surface area contributed by atoms with Crippen molar-refractivity contribution < 1.29 is 9.59 Å². The highest BCUT2D eigenvalue weighted by Crippen LogP contribution is 2.34. The van der Waals surface area contributed by atoms with Crippen LogP contribution in [-0.4, -0.2) is 16.7 Å². The van der Waals surface area contributed by atoms with Crippen molar-refractivity contribution in [3.05, 3.63) is 52.0 Å². The van der Waals surface area contributed by atoms with Gasteiger partial charge in [-0.2, -0.15) is 0 Å². The van der Waals surface area contributed by atoms with E-state index in [1.807, 2.05) is 19.9 Å². The van der Waals surface area contributed by atoms with Crippen molar-refractivity contribution in [3.63, 3.8) is 0 Å². The number of nitrogens with one attached hydrogen (secondary N) is 1. The fourth-order valence-corrected chi connectivity index (χ4v) is 3.42. The van der Waals surface area contributed by atoms with E-state index in [2.05, 4.69) is 10.3 Å². The van der Waals surface area contributed by atoms with E-state index in [-0.39, 0.29) is 11.7 Å². The number of carbonyl (C=O) groups is 2. The molecule has 2 heterocycles. The first kappa shape index (κ1) is 16.1. The van der Waals surface area contributed by atoms with Gasteiger partial charge in [-0.1, -0.05) is 12.1 Å². The lowest BCUT2D eigenvalue weighted by atomic mass is 10.1. The first-order valence-corrected chi connectivity index (χ1v) is 8.27. The predicted octanol–water partition coefficient (Wildman–Crippen LogP) is 3.95. The summed E-state index contributed by atoms with van der Waals surface area (Å²) in [7, 11) is 0. The number of ketones is 1. The van der Waals surface area contributed by atoms with Gasteiger partial charge in [0.1, 0.15) is 9.71 Å². The van der Waals surface area contributed by atoms with Gasteiger partial charge in [0.25, 0.3) is 5.91 Å². The first-order chi connectivity index (χ1) is 11.4. The lowest BCUT2D eigenvalue weighted by Gasteiger charge is -2.05. The van der Waals surface area contributed by atoms with Crippen molar-refractivity contribution in [3.8, 4) is 0 Å². The summed E-state index contributed by atoms with van der Waals surface area (Å²) in [6.07, 6.45) is 0. The number of fused-ring (bicyclic) bond motifs is 1. The number of nitrogen functional groups attached to an aromatic ring is 1. The lowest BCUT2D eigenvalue weighted by molar-refractivity contribution is 0.101. The van der Waals surface area contributed by atoms with E-state index in [9.17, 15) is 9.59 Å². The van der Waals surface area contributed by atoms with E-state index in [0.29, 0.717) is 21.8 Å². The maximum absolute atomic E-state index is 12.6. The van der Waals surface area contributed by atoms with Gasteiger partial charge in [-0.25, -0.2) is 4.98 Å². The number of pyridine rings is 1. The Kier molecular flexibility index (Phi) is 4.07. The van der Waals surface area contributed by atoms with E-state index < -0.39 is 0 Å². The third kappa shape index (κ3) is 2.88. The van der Waals surface area contributed by atoms with Crippen LogP contribution in [0.3, 0.4) is 0 Å². The van der Waals surface area contributed by atoms with Crippen LogP contribution in [0.2, 0.25) is 0 Å². The van der Waals surface area contributed by atoms with Crippen molar-refractivity contribution in [1.29, 1.82) is 0 Å². The molecule has 6 heteroatoms. The number of hydrogen-bond donors (Lipinski definition) is 2. The number of Topliss-reactive ketones (excluding diaryl/α,β-unsaturated/α-hetero) is 1. The van der Waals surface area contributed by atoms with Crippen LogP contribution in [0.25, 0.3) is 10.2 Å². The van der Waals surface area contributed by atoms with Crippen molar-refractivity contribution in [2.45, 2.75) is 20.8 Å². The minimum atomic E-state index is -0.300. The summed E-state index contributed by atoms with van der Waals surface area (Å²) in [4.78, 5) is 29.7. The smallest absolute Gasteiger partial charge is 0.267 e. The molecular formula is C18H17N3O2S. The zero-order chi connectivity index (χ0) is 17.4. The van der Waals surface area contributed by atoms with Gasteiger partial charge < -0.3 is 11.1 Å². The Morgan fingerprint density at radius 3 is 2.67 bits per heavy atom. The molecule has 3 rings (SSSR count). The summed E-state index contributed by atoms with van der Waals surface area (Å²) in [5, 5.41) is 3.59. The molecule has 0 atom stereocenters. The van der Waals surface area contributed by atoms with Gasteiger partial charge in [0.2, 0.25) is 0 Å². The SMILES string of the molecule is CC(=O)c1cccc(NC(=O)c2sc3nc(C)c(C)cc3c2N)c1. The largest absolute Gasteiger partial charge is 0.397 e. The average Bonchev–Trinajstić information content (AvgIpc) is 2.85. The van der Waals surface area contributed by atoms with Crippen LogP contribution in [0.5, 0.6) is 0 Å². The topological polar surface area (TPSA) is 85.1 Å². The quantitative estimate of drug-likeness (QED) is 0.708. The Balaban J connectivity index is 1.96. The van der Waals surface area contributed by atoms with Crippen LogP contribution < -0.4 is 11.1 Å². The standard InChI is InChI=1S/C18H17N3O2S/c1-9-7-14-15(19)16(24-18(14)20-10(9)2)17(23)21-13-6-4-5-12(8-13)11(3)22/h4-8H,19H2,1-3H3,(H,21,23). The van der Waals surface area contributed by atoms with E-state index in [1.165, 1.54) is 18.3 Å². The summed E-state index contributed by atoms with van der Waals surface area (Å²) in [6, 6.07) is 8.78. The van der Waals surface area contributed by atoms with Crippen LogP contribution in [0.15, 0.2) is 30.3 Å². The number of hydrogen-bond acceptors (Lipinski definition) is 5. The molecule has 0 unspecified atom stereocenters. The third-order valence-corrected chi connectivity index (χ3v) is 5.01. The molecule has 0 saturated heterocycles. The molecule has 24 heavy (non-hydrogen) atoms. The Bertz CT molecular complexity index is 976. The predicted molar refractivity (Wildman–Crippen MR) is 97.9 cm³/mol. The summed E-state index contributed by atoms with van der Waals surface area (Å²) >= 11 is 1.27. The highest BCUT2D eigenvalue weighted by atomic mass is 32.1. The van der Waals surface area contributed by atoms with Crippen molar-refractivity contribution in [1.82, 2.24) is 4.98 Å². The second-order valence-corrected chi connectivity index (χ2v) is 6.68. The fraction of sp³-hybridized carbons (Fsp3) is 0.167. The molecule has 0 aliphatic heterocycles. The van der Waals surface area contributed by atoms with Gasteiger partial charge >= 0.3 is 0 Å². The second kappa shape index (κ2) is 6.05. The average molecular weight is 339 g/mol. The molecule has 0 saturated carbocycles. The number of nitrogens with two attached hydrogens (primary N) is 1. The minimum absolute atomic E-state index is 0.0531. The molecule has 0 aliphatic rings. The molecule has 0 spiro atoms. The summed E-state index contributed by atoms with van der Waals surface area (Å²) in [5.41, 5.74) is 9.64. The zero-order valence-electron chi connectivity index (χ0n) is 13.6. The van der Waals surface area contributed by atoms with Crippen LogP contribution in [-0.2, 0) is 0 Å². The van der Waals surface area contributed by atoms with Crippen molar-refractivity contribution in [2.24, 2.45) is 0 Å². The summed E-state index contributed by atoms with van der Waals surface area (Å²) < 4.78 is 0. The Hall–Kier alpha value is -2.73. The van der Waals surface area contributed by atoms with Crippen LogP contribution in [0.1, 0.15) is 38.2 Å². The Morgan fingerprint density at radius 2 is 1.96 bits per heavy atom. The molecule has 1 aromatic carbocycles. The molecule has 5 nitrogen and oxygen atoms in total. The molecule has 3 N–H and O–H groups in total. The molecule has 2 aromatic heterocycles. The van der Waals surface area contributed by atoms with E-state index >= 15 is 0 Å². The Morgan fingerprint density at radius 1 is 1.21 bits per heavy atom. The zero-order valence-corrected chi connectivity index (χ0v) is 14.5.